The highest BCUT2D eigenvalue weighted by Gasteiger charge is 2.14. The Bertz CT molecular complexity index is 848. The summed E-state index contributed by atoms with van der Waals surface area (Å²) in [4.78, 5) is 29.2. The van der Waals surface area contributed by atoms with Crippen molar-refractivity contribution in [2.24, 2.45) is 4.99 Å². The number of non-ortho nitro benzene ring substituents is 1. The van der Waals surface area contributed by atoms with Gasteiger partial charge in [0.05, 0.1) is 35.8 Å². The van der Waals surface area contributed by atoms with Crippen molar-refractivity contribution in [2.75, 3.05) is 26.2 Å². The summed E-state index contributed by atoms with van der Waals surface area (Å²) in [6.07, 6.45) is 4.29. The van der Waals surface area contributed by atoms with Gasteiger partial charge in [-0.05, 0) is 32.4 Å². The van der Waals surface area contributed by atoms with E-state index in [-0.39, 0.29) is 11.2 Å². The zero-order valence-electron chi connectivity index (χ0n) is 16.9. The second kappa shape index (κ2) is 10.6. The lowest BCUT2D eigenvalue weighted by molar-refractivity contribution is -0.896. The molecule has 0 fully saturated rings. The number of benzene rings is 1. The maximum absolute atomic E-state index is 12.9. The molecule has 0 aliphatic rings. The first-order chi connectivity index (χ1) is 13.5. The average Bonchev–Trinajstić information content (AvgIpc) is 3.00. The number of hydrogen-bond donors (Lipinski definition) is 2. The van der Waals surface area contributed by atoms with Gasteiger partial charge in [-0.2, -0.15) is 0 Å². The number of aryl methyl sites for hydroxylation is 1. The predicted octanol–water partition coefficient (Wildman–Crippen LogP) is 1.76. The summed E-state index contributed by atoms with van der Waals surface area (Å²) < 4.78 is 1.43. The molecule has 0 saturated carbocycles. The summed E-state index contributed by atoms with van der Waals surface area (Å²) in [5.74, 6) is 0. The lowest BCUT2D eigenvalue weighted by Gasteiger charge is -2.13. The molecule has 2 N–H and O–H groups in total. The molecular weight excluding hydrogens is 358 g/mol. The van der Waals surface area contributed by atoms with Gasteiger partial charge >= 0.3 is 0 Å². The Kier molecular flexibility index (Phi) is 8.13. The number of nitrogens with one attached hydrogen (secondary N) is 2. The maximum atomic E-state index is 12.9. The molecule has 0 aliphatic carbocycles. The van der Waals surface area contributed by atoms with E-state index in [4.69, 9.17) is 0 Å². The van der Waals surface area contributed by atoms with Gasteiger partial charge in [0.15, 0.2) is 0 Å². The first kappa shape index (κ1) is 21.6. The number of H-pyrrole nitrogens is 1. The third-order valence-electron chi connectivity index (χ3n) is 4.86. The van der Waals surface area contributed by atoms with Crippen LogP contribution in [0.4, 0.5) is 5.69 Å². The van der Waals surface area contributed by atoms with Crippen molar-refractivity contribution in [3.63, 3.8) is 0 Å². The van der Waals surface area contributed by atoms with Crippen LogP contribution in [0.5, 0.6) is 0 Å². The van der Waals surface area contributed by atoms with Crippen molar-refractivity contribution >= 4 is 11.9 Å². The second-order valence-corrected chi connectivity index (χ2v) is 6.76. The van der Waals surface area contributed by atoms with Crippen LogP contribution in [0, 0.1) is 10.1 Å². The van der Waals surface area contributed by atoms with Crippen LogP contribution in [0.1, 0.15) is 44.9 Å². The summed E-state index contributed by atoms with van der Waals surface area (Å²) in [5.41, 5.74) is 1.78. The zero-order valence-corrected chi connectivity index (χ0v) is 16.9. The fourth-order valence-electron chi connectivity index (χ4n) is 3.15. The Hall–Kier alpha value is -2.74. The highest BCUT2D eigenvalue weighted by molar-refractivity contribution is 5.80. The highest BCUT2D eigenvalue weighted by Crippen LogP contribution is 2.14. The molecule has 2 rings (SSSR count). The maximum Gasteiger partial charge on any atom is 0.280 e. The van der Waals surface area contributed by atoms with Gasteiger partial charge < -0.3 is 4.90 Å². The lowest BCUT2D eigenvalue weighted by atomic mass is 10.2. The predicted molar refractivity (Wildman–Crippen MR) is 111 cm³/mol. The molecule has 0 spiro atoms. The van der Waals surface area contributed by atoms with Crippen LogP contribution in [0.2, 0.25) is 0 Å². The van der Waals surface area contributed by atoms with Crippen LogP contribution < -0.4 is 10.5 Å². The number of hydrogen-bond acceptors (Lipinski definition) is 4. The topological polar surface area (TPSA) is 97.7 Å². The minimum Gasteiger partial charge on any atom is -0.335 e. The third kappa shape index (κ3) is 5.39. The Labute approximate surface area is 165 Å². The molecule has 0 atom stereocenters. The molecule has 8 heteroatoms. The summed E-state index contributed by atoms with van der Waals surface area (Å²) in [7, 11) is 0. The summed E-state index contributed by atoms with van der Waals surface area (Å²) in [6.45, 7) is 10.4. The Morgan fingerprint density at radius 3 is 2.46 bits per heavy atom. The number of nitrogens with zero attached hydrogens (tertiary/aromatic N) is 3. The van der Waals surface area contributed by atoms with Gasteiger partial charge in [0.2, 0.25) is 0 Å². The Morgan fingerprint density at radius 2 is 1.89 bits per heavy atom. The van der Waals surface area contributed by atoms with Crippen molar-refractivity contribution in [3.8, 4) is 5.69 Å². The minimum absolute atomic E-state index is 0.00532. The van der Waals surface area contributed by atoms with Gasteiger partial charge in [-0.3, -0.25) is 25.0 Å². The Morgan fingerprint density at radius 1 is 1.21 bits per heavy atom. The Balaban J connectivity index is 2.19. The molecule has 0 saturated heterocycles. The first-order valence-electron chi connectivity index (χ1n) is 9.93. The van der Waals surface area contributed by atoms with Gasteiger partial charge in [0.1, 0.15) is 0 Å². The summed E-state index contributed by atoms with van der Waals surface area (Å²) in [5, 5.41) is 14.0. The molecule has 152 valence electrons. The molecule has 8 nitrogen and oxygen atoms in total. The van der Waals surface area contributed by atoms with Gasteiger partial charge in [0, 0.05) is 37.0 Å². The minimum atomic E-state index is -0.457. The van der Waals surface area contributed by atoms with Crippen molar-refractivity contribution in [2.45, 2.75) is 40.0 Å². The number of aromatic nitrogens is 2. The molecule has 1 heterocycles. The van der Waals surface area contributed by atoms with E-state index in [1.807, 2.05) is 0 Å². The monoisotopic (exact) mass is 388 g/mol. The summed E-state index contributed by atoms with van der Waals surface area (Å²) >= 11 is 0. The second-order valence-electron chi connectivity index (χ2n) is 6.76. The van der Waals surface area contributed by atoms with E-state index in [0.717, 1.165) is 44.6 Å². The fourth-order valence-corrected chi connectivity index (χ4v) is 3.15. The summed E-state index contributed by atoms with van der Waals surface area (Å²) in [6, 6.07) is 5.93. The molecule has 0 bridgehead atoms. The number of nitro benzene ring substituents is 1. The van der Waals surface area contributed by atoms with E-state index in [1.165, 1.54) is 16.8 Å². The molecule has 2 aromatic rings. The molecule has 0 unspecified atom stereocenters. The van der Waals surface area contributed by atoms with E-state index in [2.05, 4.69) is 30.9 Å². The van der Waals surface area contributed by atoms with Gasteiger partial charge in [-0.15, -0.1) is 0 Å². The van der Waals surface area contributed by atoms with Crippen LogP contribution in [-0.2, 0) is 6.42 Å². The SMILES string of the molecule is CCCc1[nH]n(-c2ccc([N+](=O)[O-])cc2)c(=O)c1C=NCCC[NH+](CC)CC. The molecule has 0 radical (unpaired) electrons. The van der Waals surface area contributed by atoms with Crippen molar-refractivity contribution in [1.29, 1.82) is 0 Å². The van der Waals surface area contributed by atoms with Gasteiger partial charge in [-0.25, -0.2) is 4.68 Å². The molecule has 0 amide bonds. The number of rotatable bonds is 11. The van der Waals surface area contributed by atoms with Crippen LogP contribution in [0.3, 0.4) is 0 Å². The molecule has 0 aliphatic heterocycles. The fraction of sp³-hybridized carbons (Fsp3) is 0.500. The van der Waals surface area contributed by atoms with Crippen molar-refractivity contribution < 1.29 is 9.82 Å². The van der Waals surface area contributed by atoms with Crippen molar-refractivity contribution in [1.82, 2.24) is 9.78 Å². The number of aromatic amines is 1. The van der Waals surface area contributed by atoms with E-state index in [0.29, 0.717) is 17.8 Å². The lowest BCUT2D eigenvalue weighted by Crippen LogP contribution is -3.11. The zero-order chi connectivity index (χ0) is 20.5. The van der Waals surface area contributed by atoms with Crippen LogP contribution in [0.25, 0.3) is 5.69 Å². The van der Waals surface area contributed by atoms with E-state index in [1.54, 1.807) is 23.2 Å². The molecule has 28 heavy (non-hydrogen) atoms. The number of nitro groups is 1. The highest BCUT2D eigenvalue weighted by atomic mass is 16.6. The van der Waals surface area contributed by atoms with Crippen LogP contribution in [0.15, 0.2) is 34.1 Å². The third-order valence-corrected chi connectivity index (χ3v) is 4.86. The molecule has 1 aromatic carbocycles. The quantitative estimate of drug-likeness (QED) is 0.266. The van der Waals surface area contributed by atoms with E-state index >= 15 is 0 Å². The first-order valence-corrected chi connectivity index (χ1v) is 9.93. The smallest absolute Gasteiger partial charge is 0.280 e. The molecule has 1 aromatic heterocycles. The normalized spacial score (nSPS) is 11.6. The average molecular weight is 388 g/mol. The van der Waals surface area contributed by atoms with Crippen molar-refractivity contribution in [3.05, 3.63) is 56.0 Å². The van der Waals surface area contributed by atoms with Gasteiger partial charge in [-0.1, -0.05) is 13.3 Å². The number of quaternary nitrogens is 1. The number of aliphatic imine (C=N–C) groups is 1. The van der Waals surface area contributed by atoms with E-state index in [9.17, 15) is 14.9 Å². The standard InChI is InChI=1S/C20H29N5O3/c1-4-8-19-18(15-21-13-7-14-23(5-2)6-3)20(26)24(22-19)16-9-11-17(12-10-16)25(27)28/h9-12,15,22H,4-8,13-14H2,1-3H3/p+1. The van der Waals surface area contributed by atoms with Gasteiger partial charge in [0.25, 0.3) is 11.2 Å². The van der Waals surface area contributed by atoms with E-state index < -0.39 is 4.92 Å². The molecular formula is C20H30N5O3+. The van der Waals surface area contributed by atoms with Crippen LogP contribution >= 0.6 is 0 Å². The van der Waals surface area contributed by atoms with Crippen LogP contribution in [-0.4, -0.2) is 47.1 Å². The largest absolute Gasteiger partial charge is 0.335 e.